The number of carbonyl (C=O) groups excluding carboxylic acids is 1. The number of aromatic nitrogens is 4. The Labute approximate surface area is 160 Å². The van der Waals surface area contributed by atoms with Crippen molar-refractivity contribution in [1.29, 1.82) is 0 Å². The molecule has 0 fully saturated rings. The lowest BCUT2D eigenvalue weighted by atomic mass is 10.1. The summed E-state index contributed by atoms with van der Waals surface area (Å²) in [6, 6.07) is 7.12. The third-order valence-electron chi connectivity index (χ3n) is 4.85. The second kappa shape index (κ2) is 7.03. The molecule has 0 saturated carbocycles. The zero-order valence-corrected chi connectivity index (χ0v) is 16.3. The van der Waals surface area contributed by atoms with Crippen LogP contribution in [0.15, 0.2) is 40.2 Å². The Balaban J connectivity index is 1.91. The van der Waals surface area contributed by atoms with Crippen molar-refractivity contribution < 1.29 is 4.79 Å². The van der Waals surface area contributed by atoms with Crippen LogP contribution in [0.5, 0.6) is 0 Å². The Morgan fingerprint density at radius 2 is 1.81 bits per heavy atom. The fourth-order valence-corrected chi connectivity index (χ4v) is 3.08. The van der Waals surface area contributed by atoms with Crippen molar-refractivity contribution in [2.45, 2.75) is 19.5 Å². The molecule has 0 N–H and O–H groups in total. The van der Waals surface area contributed by atoms with Crippen LogP contribution < -0.4 is 11.2 Å². The SMILES string of the molecule is CC(c1ccc(Cl)cc1)N(C)C(=O)Cn1cnc2c1c(=O)n(C)c(=O)n2C. The first-order chi connectivity index (χ1) is 12.7. The van der Waals surface area contributed by atoms with Crippen molar-refractivity contribution in [2.24, 2.45) is 14.1 Å². The number of benzene rings is 1. The van der Waals surface area contributed by atoms with Crippen LogP contribution >= 0.6 is 11.6 Å². The van der Waals surface area contributed by atoms with Gasteiger partial charge < -0.3 is 9.47 Å². The van der Waals surface area contributed by atoms with Gasteiger partial charge in [-0.05, 0) is 24.6 Å². The first-order valence-electron chi connectivity index (χ1n) is 8.34. The second-order valence-corrected chi connectivity index (χ2v) is 6.92. The van der Waals surface area contributed by atoms with E-state index in [1.807, 2.05) is 19.1 Å². The molecule has 2 aromatic heterocycles. The van der Waals surface area contributed by atoms with E-state index >= 15 is 0 Å². The monoisotopic (exact) mass is 389 g/mol. The van der Waals surface area contributed by atoms with E-state index in [1.54, 1.807) is 24.1 Å². The molecule has 0 saturated heterocycles. The van der Waals surface area contributed by atoms with Crippen molar-refractivity contribution in [3.8, 4) is 0 Å². The zero-order valence-electron chi connectivity index (χ0n) is 15.5. The van der Waals surface area contributed by atoms with Crippen molar-refractivity contribution in [3.63, 3.8) is 0 Å². The number of fused-ring (bicyclic) bond motifs is 1. The molecule has 0 bridgehead atoms. The van der Waals surface area contributed by atoms with Gasteiger partial charge >= 0.3 is 5.69 Å². The second-order valence-electron chi connectivity index (χ2n) is 6.48. The minimum atomic E-state index is -0.480. The van der Waals surface area contributed by atoms with Crippen LogP contribution in [0.2, 0.25) is 5.02 Å². The van der Waals surface area contributed by atoms with Crippen LogP contribution in [-0.2, 0) is 25.4 Å². The number of hydrogen-bond donors (Lipinski definition) is 0. The summed E-state index contributed by atoms with van der Waals surface area (Å²) in [6.45, 7) is 1.86. The molecular formula is C18H20ClN5O3. The molecule has 0 radical (unpaired) electrons. The van der Waals surface area contributed by atoms with Gasteiger partial charge in [0.25, 0.3) is 5.56 Å². The summed E-state index contributed by atoms with van der Waals surface area (Å²) in [5.41, 5.74) is 0.484. The van der Waals surface area contributed by atoms with Gasteiger partial charge in [0.2, 0.25) is 5.91 Å². The largest absolute Gasteiger partial charge is 0.337 e. The highest BCUT2D eigenvalue weighted by Crippen LogP contribution is 2.21. The maximum Gasteiger partial charge on any atom is 0.332 e. The Morgan fingerprint density at radius 3 is 2.44 bits per heavy atom. The van der Waals surface area contributed by atoms with E-state index in [0.29, 0.717) is 5.02 Å². The molecule has 3 rings (SSSR count). The van der Waals surface area contributed by atoms with E-state index in [2.05, 4.69) is 4.98 Å². The van der Waals surface area contributed by atoms with Crippen molar-refractivity contribution in [3.05, 3.63) is 62.0 Å². The fourth-order valence-electron chi connectivity index (χ4n) is 2.95. The summed E-state index contributed by atoms with van der Waals surface area (Å²) in [4.78, 5) is 43.0. The highest BCUT2D eigenvalue weighted by atomic mass is 35.5. The van der Waals surface area contributed by atoms with Crippen molar-refractivity contribution >= 4 is 28.7 Å². The number of likely N-dealkylation sites (N-methyl/N-ethyl adjacent to an activating group) is 1. The molecule has 0 spiro atoms. The van der Waals surface area contributed by atoms with Gasteiger partial charge in [-0.25, -0.2) is 9.78 Å². The standard InChI is InChI=1S/C18H20ClN5O3/c1-11(12-5-7-13(19)8-6-12)21(2)14(25)9-24-10-20-16-15(24)17(26)23(4)18(27)22(16)3/h5-8,10-11H,9H2,1-4H3. The maximum absolute atomic E-state index is 12.8. The van der Waals surface area contributed by atoms with Gasteiger partial charge in [-0.1, -0.05) is 23.7 Å². The number of halogens is 1. The molecule has 0 aliphatic heterocycles. The summed E-state index contributed by atoms with van der Waals surface area (Å²) in [5.74, 6) is -0.187. The molecule has 27 heavy (non-hydrogen) atoms. The van der Waals surface area contributed by atoms with Gasteiger partial charge in [-0.2, -0.15) is 0 Å². The lowest BCUT2D eigenvalue weighted by Crippen LogP contribution is -2.38. The highest BCUT2D eigenvalue weighted by molar-refractivity contribution is 6.30. The smallest absolute Gasteiger partial charge is 0.332 e. The minimum absolute atomic E-state index is 0.0572. The third-order valence-corrected chi connectivity index (χ3v) is 5.10. The quantitative estimate of drug-likeness (QED) is 0.673. The molecule has 8 nitrogen and oxygen atoms in total. The van der Waals surface area contributed by atoms with E-state index in [4.69, 9.17) is 11.6 Å². The first-order valence-corrected chi connectivity index (χ1v) is 8.72. The van der Waals surface area contributed by atoms with E-state index < -0.39 is 11.2 Å². The molecule has 1 atom stereocenters. The zero-order chi connectivity index (χ0) is 19.9. The van der Waals surface area contributed by atoms with Crippen LogP contribution in [0.4, 0.5) is 0 Å². The number of nitrogens with zero attached hydrogens (tertiary/aromatic N) is 5. The van der Waals surface area contributed by atoms with Crippen molar-refractivity contribution in [2.75, 3.05) is 7.05 Å². The summed E-state index contributed by atoms with van der Waals surface area (Å²) in [7, 11) is 4.64. The number of hydrogen-bond acceptors (Lipinski definition) is 4. The third kappa shape index (κ3) is 3.28. The predicted octanol–water partition coefficient (Wildman–Crippen LogP) is 1.31. The average Bonchev–Trinajstić information content (AvgIpc) is 3.07. The molecule has 0 aliphatic carbocycles. The van der Waals surface area contributed by atoms with Crippen LogP contribution in [-0.4, -0.2) is 36.5 Å². The van der Waals surface area contributed by atoms with Gasteiger partial charge in [0.15, 0.2) is 11.2 Å². The molecule has 9 heteroatoms. The molecule has 1 amide bonds. The van der Waals surface area contributed by atoms with Crippen LogP contribution in [0.1, 0.15) is 18.5 Å². The van der Waals surface area contributed by atoms with E-state index in [1.165, 1.54) is 29.6 Å². The molecule has 1 unspecified atom stereocenters. The molecule has 2 heterocycles. The molecule has 0 aliphatic rings. The number of rotatable bonds is 4. The number of aryl methyl sites for hydroxylation is 1. The summed E-state index contributed by atoms with van der Waals surface area (Å²) < 4.78 is 3.77. The number of carbonyl (C=O) groups is 1. The Kier molecular flexibility index (Phi) is 4.93. The van der Waals surface area contributed by atoms with Crippen LogP contribution in [0.25, 0.3) is 11.2 Å². The Bertz CT molecular complexity index is 1130. The van der Waals surface area contributed by atoms with Gasteiger partial charge in [0.1, 0.15) is 6.54 Å². The van der Waals surface area contributed by atoms with E-state index in [0.717, 1.165) is 10.1 Å². The fraction of sp³-hybridized carbons (Fsp3) is 0.333. The van der Waals surface area contributed by atoms with Gasteiger partial charge in [-0.3, -0.25) is 18.7 Å². The average molecular weight is 390 g/mol. The topological polar surface area (TPSA) is 82.1 Å². The molecular weight excluding hydrogens is 370 g/mol. The maximum atomic E-state index is 12.8. The van der Waals surface area contributed by atoms with Gasteiger partial charge in [-0.15, -0.1) is 0 Å². The van der Waals surface area contributed by atoms with Gasteiger partial charge in [0.05, 0.1) is 12.4 Å². The lowest BCUT2D eigenvalue weighted by molar-refractivity contribution is -0.132. The van der Waals surface area contributed by atoms with E-state index in [-0.39, 0.29) is 29.7 Å². The molecule has 142 valence electrons. The summed E-state index contributed by atoms with van der Waals surface area (Å²) in [5, 5.41) is 0.631. The Hall–Kier alpha value is -2.87. The number of amides is 1. The highest BCUT2D eigenvalue weighted by Gasteiger charge is 2.20. The minimum Gasteiger partial charge on any atom is -0.337 e. The normalized spacial score (nSPS) is 12.3. The van der Waals surface area contributed by atoms with Gasteiger partial charge in [0, 0.05) is 26.2 Å². The molecule has 3 aromatic rings. The van der Waals surface area contributed by atoms with E-state index in [9.17, 15) is 14.4 Å². The summed E-state index contributed by atoms with van der Waals surface area (Å²) in [6.07, 6.45) is 1.41. The summed E-state index contributed by atoms with van der Waals surface area (Å²) >= 11 is 5.91. The number of imidazole rings is 1. The first kappa shape index (κ1) is 18.9. The Morgan fingerprint density at radius 1 is 1.19 bits per heavy atom. The van der Waals surface area contributed by atoms with Crippen molar-refractivity contribution in [1.82, 2.24) is 23.6 Å². The predicted molar refractivity (Wildman–Crippen MR) is 103 cm³/mol. The van der Waals surface area contributed by atoms with Crippen LogP contribution in [0, 0.1) is 0 Å². The molecule has 1 aromatic carbocycles. The van der Waals surface area contributed by atoms with Crippen LogP contribution in [0.3, 0.4) is 0 Å². The lowest BCUT2D eigenvalue weighted by Gasteiger charge is -2.25.